The lowest BCUT2D eigenvalue weighted by Gasteiger charge is -2.06. The Morgan fingerprint density at radius 2 is 2.15 bits per heavy atom. The number of hydrogen-bond donors (Lipinski definition) is 2. The number of aliphatic hydroxyl groups is 1. The summed E-state index contributed by atoms with van der Waals surface area (Å²) >= 11 is 1.27. The molecule has 0 fully saturated rings. The highest BCUT2D eigenvalue weighted by Gasteiger charge is 2.16. The Kier molecular flexibility index (Phi) is 7.03. The van der Waals surface area contributed by atoms with Gasteiger partial charge in [0.05, 0.1) is 9.82 Å². The van der Waals surface area contributed by atoms with Crippen LogP contribution in [0.3, 0.4) is 0 Å². The van der Waals surface area contributed by atoms with Gasteiger partial charge >= 0.3 is 0 Å². The van der Waals surface area contributed by atoms with Crippen molar-refractivity contribution < 1.29 is 14.8 Å². The van der Waals surface area contributed by atoms with E-state index in [4.69, 9.17) is 5.11 Å². The maximum Gasteiger partial charge on any atom is 0.283 e. The van der Waals surface area contributed by atoms with Crippen LogP contribution in [0, 0.1) is 10.1 Å². The van der Waals surface area contributed by atoms with Crippen molar-refractivity contribution in [3.05, 3.63) is 33.9 Å². The molecule has 1 aromatic rings. The number of benzene rings is 1. The number of aliphatic hydroxyl groups excluding tert-OH is 1. The van der Waals surface area contributed by atoms with Crippen molar-refractivity contribution in [1.29, 1.82) is 0 Å². The summed E-state index contributed by atoms with van der Waals surface area (Å²) < 4.78 is 0. The summed E-state index contributed by atoms with van der Waals surface area (Å²) in [5, 5.41) is 22.3. The van der Waals surface area contributed by atoms with Gasteiger partial charge in [-0.1, -0.05) is 0 Å². The number of amides is 1. The minimum absolute atomic E-state index is 0.0505. The molecule has 7 heteroatoms. The van der Waals surface area contributed by atoms with Crippen molar-refractivity contribution in [2.24, 2.45) is 0 Å². The van der Waals surface area contributed by atoms with Crippen molar-refractivity contribution in [2.75, 3.05) is 19.4 Å². The molecular formula is C13H18N2O4S. The van der Waals surface area contributed by atoms with Gasteiger partial charge in [-0.3, -0.25) is 14.9 Å². The minimum Gasteiger partial charge on any atom is -0.396 e. The van der Waals surface area contributed by atoms with E-state index in [9.17, 15) is 14.9 Å². The standard InChI is InChI=1S/C13H18N2O4S/c1-20-12-6-5-10(9-11(12)15(18)19)13(17)14-7-3-2-4-8-16/h5-6,9,16H,2-4,7-8H2,1H3,(H,14,17). The molecule has 0 aliphatic rings. The average Bonchev–Trinajstić information content (AvgIpc) is 2.46. The molecule has 0 aliphatic carbocycles. The second kappa shape index (κ2) is 8.55. The highest BCUT2D eigenvalue weighted by Crippen LogP contribution is 2.28. The van der Waals surface area contributed by atoms with Crippen molar-refractivity contribution in [3.63, 3.8) is 0 Å². The molecule has 110 valence electrons. The molecule has 0 spiro atoms. The largest absolute Gasteiger partial charge is 0.396 e. The van der Waals surface area contributed by atoms with Crippen LogP contribution in [0.2, 0.25) is 0 Å². The molecule has 1 aromatic carbocycles. The van der Waals surface area contributed by atoms with Crippen LogP contribution >= 0.6 is 11.8 Å². The van der Waals surface area contributed by atoms with Crippen LogP contribution in [0.5, 0.6) is 0 Å². The van der Waals surface area contributed by atoms with Gasteiger partial charge in [-0.25, -0.2) is 0 Å². The van der Waals surface area contributed by atoms with Crippen molar-refractivity contribution >= 4 is 23.4 Å². The Hall–Kier alpha value is -1.60. The zero-order chi connectivity index (χ0) is 15.0. The molecule has 2 N–H and O–H groups in total. The number of nitro groups is 1. The molecule has 0 radical (unpaired) electrons. The molecule has 1 rings (SSSR count). The molecule has 20 heavy (non-hydrogen) atoms. The third-order valence-corrected chi connectivity index (χ3v) is 3.54. The third kappa shape index (κ3) is 4.82. The summed E-state index contributed by atoms with van der Waals surface area (Å²) in [6.07, 6.45) is 4.08. The van der Waals surface area contributed by atoms with Gasteiger partial charge in [0.2, 0.25) is 0 Å². The third-order valence-electron chi connectivity index (χ3n) is 2.76. The Bertz CT molecular complexity index is 479. The quantitative estimate of drug-likeness (QED) is 0.332. The molecule has 0 heterocycles. The predicted octanol–water partition coefficient (Wildman–Crippen LogP) is 2.21. The van der Waals surface area contributed by atoms with Crippen LogP contribution in [-0.2, 0) is 0 Å². The summed E-state index contributed by atoms with van der Waals surface area (Å²) in [6.45, 7) is 0.646. The first-order valence-electron chi connectivity index (χ1n) is 6.31. The van der Waals surface area contributed by atoms with E-state index in [0.29, 0.717) is 17.9 Å². The van der Waals surface area contributed by atoms with E-state index in [1.54, 1.807) is 18.4 Å². The summed E-state index contributed by atoms with van der Waals surface area (Å²) in [5.41, 5.74) is 0.238. The van der Waals surface area contributed by atoms with Gasteiger partial charge in [0.1, 0.15) is 0 Å². The van der Waals surface area contributed by atoms with Crippen molar-refractivity contribution in [1.82, 2.24) is 5.32 Å². The van der Waals surface area contributed by atoms with E-state index in [1.807, 2.05) is 0 Å². The lowest BCUT2D eigenvalue weighted by atomic mass is 10.2. The number of rotatable bonds is 8. The van der Waals surface area contributed by atoms with E-state index in [2.05, 4.69) is 5.32 Å². The monoisotopic (exact) mass is 298 g/mol. The topological polar surface area (TPSA) is 92.5 Å². The lowest BCUT2D eigenvalue weighted by molar-refractivity contribution is -0.387. The van der Waals surface area contributed by atoms with Gasteiger partial charge in [0.25, 0.3) is 11.6 Å². The smallest absolute Gasteiger partial charge is 0.283 e. The Morgan fingerprint density at radius 1 is 1.40 bits per heavy atom. The number of nitrogens with one attached hydrogen (secondary N) is 1. The Morgan fingerprint density at radius 3 is 2.75 bits per heavy atom. The van der Waals surface area contributed by atoms with Gasteiger partial charge in [-0.05, 0) is 37.7 Å². The van der Waals surface area contributed by atoms with Crippen LogP contribution in [0.4, 0.5) is 5.69 Å². The highest BCUT2D eigenvalue weighted by atomic mass is 32.2. The summed E-state index contributed by atoms with van der Waals surface area (Å²) in [7, 11) is 0. The number of thioether (sulfide) groups is 1. The fourth-order valence-electron chi connectivity index (χ4n) is 1.69. The van der Waals surface area contributed by atoms with E-state index in [-0.39, 0.29) is 23.8 Å². The highest BCUT2D eigenvalue weighted by molar-refractivity contribution is 7.98. The molecule has 0 bridgehead atoms. The van der Waals surface area contributed by atoms with Crippen molar-refractivity contribution in [3.8, 4) is 0 Å². The summed E-state index contributed by atoms with van der Waals surface area (Å²) in [4.78, 5) is 22.8. The fraction of sp³-hybridized carbons (Fsp3) is 0.462. The fourth-order valence-corrected chi connectivity index (χ4v) is 2.24. The van der Waals surface area contributed by atoms with Crippen LogP contribution < -0.4 is 5.32 Å². The van der Waals surface area contributed by atoms with Crippen LogP contribution in [-0.4, -0.2) is 35.3 Å². The predicted molar refractivity (Wildman–Crippen MR) is 78.1 cm³/mol. The molecule has 0 aliphatic heterocycles. The summed E-state index contributed by atoms with van der Waals surface area (Å²) in [5.74, 6) is -0.315. The second-order valence-electron chi connectivity index (χ2n) is 4.18. The number of unbranched alkanes of at least 4 members (excludes halogenated alkanes) is 2. The molecule has 0 unspecified atom stereocenters. The zero-order valence-corrected chi connectivity index (χ0v) is 12.1. The van der Waals surface area contributed by atoms with Gasteiger partial charge < -0.3 is 10.4 Å². The van der Waals surface area contributed by atoms with Crippen LogP contribution in [0.15, 0.2) is 23.1 Å². The van der Waals surface area contributed by atoms with E-state index in [1.165, 1.54) is 17.8 Å². The molecule has 6 nitrogen and oxygen atoms in total. The molecule has 1 amide bonds. The minimum atomic E-state index is -0.482. The first-order chi connectivity index (χ1) is 9.60. The average molecular weight is 298 g/mol. The molecule has 0 saturated carbocycles. The Balaban J connectivity index is 2.64. The van der Waals surface area contributed by atoms with Crippen LogP contribution in [0.25, 0.3) is 0 Å². The molecule has 0 saturated heterocycles. The van der Waals surface area contributed by atoms with E-state index < -0.39 is 4.92 Å². The van der Waals surface area contributed by atoms with Crippen LogP contribution in [0.1, 0.15) is 29.6 Å². The number of carbonyl (C=O) groups excluding carboxylic acids is 1. The molecule has 0 atom stereocenters. The molecular weight excluding hydrogens is 280 g/mol. The van der Waals surface area contributed by atoms with Crippen molar-refractivity contribution in [2.45, 2.75) is 24.2 Å². The second-order valence-corrected chi connectivity index (χ2v) is 5.03. The SMILES string of the molecule is CSc1ccc(C(=O)NCCCCCO)cc1[N+](=O)[O-]. The van der Waals surface area contributed by atoms with Gasteiger partial charge in [-0.2, -0.15) is 0 Å². The maximum absolute atomic E-state index is 11.9. The normalized spacial score (nSPS) is 10.3. The number of nitrogens with zero attached hydrogens (tertiary/aromatic N) is 1. The Labute approximate surface area is 121 Å². The summed E-state index contributed by atoms with van der Waals surface area (Å²) in [6, 6.07) is 4.47. The molecule has 0 aromatic heterocycles. The maximum atomic E-state index is 11.9. The lowest BCUT2D eigenvalue weighted by Crippen LogP contribution is -2.24. The first-order valence-corrected chi connectivity index (χ1v) is 7.54. The number of carbonyl (C=O) groups is 1. The number of hydrogen-bond acceptors (Lipinski definition) is 5. The van der Waals surface area contributed by atoms with Gasteiger partial charge in [0, 0.05) is 24.8 Å². The van der Waals surface area contributed by atoms with E-state index in [0.717, 1.165) is 12.8 Å². The number of nitro benzene ring substituents is 1. The van der Waals surface area contributed by atoms with Gasteiger partial charge in [-0.15, -0.1) is 11.8 Å². The first kappa shape index (κ1) is 16.5. The van der Waals surface area contributed by atoms with Gasteiger partial charge in [0.15, 0.2) is 0 Å². The van der Waals surface area contributed by atoms with E-state index >= 15 is 0 Å². The zero-order valence-electron chi connectivity index (χ0n) is 11.3.